The van der Waals surface area contributed by atoms with E-state index in [4.69, 9.17) is 61.6 Å². The fourth-order valence-electron chi connectivity index (χ4n) is 10.7. The van der Waals surface area contributed by atoms with Gasteiger partial charge in [0.05, 0.1) is 46.2 Å². The molecule has 7 heterocycles. The van der Waals surface area contributed by atoms with Gasteiger partial charge in [0.2, 0.25) is 11.8 Å². The lowest BCUT2D eigenvalue weighted by Crippen LogP contribution is -2.70. The number of ether oxygens (including phenoxy) is 13. The summed E-state index contributed by atoms with van der Waals surface area (Å²) in [6, 6.07) is -3.39. The minimum atomic E-state index is -2.43. The van der Waals surface area contributed by atoms with Gasteiger partial charge in [0.1, 0.15) is 171 Å². The highest BCUT2D eigenvalue weighted by Gasteiger charge is 2.59. The van der Waals surface area contributed by atoms with E-state index >= 15 is 0 Å². The zero-order valence-electron chi connectivity index (χ0n) is 44.7. The average Bonchev–Trinajstić information content (AvgIpc) is 2.60. The molecule has 7 rings (SSSR count). The lowest BCUT2D eigenvalue weighted by molar-refractivity contribution is -0.407. The SMILES string of the molecule is CC(=O)N[C@@H]1[C@@H](O)[C@H](O[C@@H]2O[C@H](CO)[C@@H](O[C@H]3O[C@H](CO[C@H]4O[C@H](CO)[C@@H](O)[C@H](O)[C@@H]4O)[C@@H](O)[C@H](O[C@H]4O[C@H](CO)[C@@H](O)[C@H](O)[C@@H]4O[C@H]4O[C@H](CO)[C@@H](O)[C@H](O)[C@@H]4O[C@H]4O[C@H](CO)[C@@H](O)[C@H](O)[C@@H]4O)[C@@H]3O)[C@H](O)[C@H]2NC(C)=O)[C@@H](CO)O[C@H]1O. The predicted octanol–water partition coefficient (Wildman–Crippen LogP) is -16.0. The molecule has 35 atom stereocenters. The fraction of sp³-hybridized carbons (Fsp3) is 0.957. The molecule has 7 aliphatic heterocycles. The smallest absolute Gasteiger partial charge is 0.217 e. The molecule has 84 heavy (non-hydrogen) atoms. The van der Waals surface area contributed by atoms with E-state index in [9.17, 15) is 117 Å². The Hall–Kier alpha value is -2.42. The van der Waals surface area contributed by atoms with Gasteiger partial charge in [-0.1, -0.05) is 0 Å². The van der Waals surface area contributed by atoms with Crippen molar-refractivity contribution in [2.45, 2.75) is 229 Å². The molecule has 0 aromatic rings. The number of carbonyl (C=O) groups excluding carboxylic acids is 2. The molecule has 0 aliphatic carbocycles. The summed E-state index contributed by atoms with van der Waals surface area (Å²) in [7, 11) is 0. The van der Waals surface area contributed by atoms with E-state index in [1.807, 2.05) is 0 Å². The van der Waals surface area contributed by atoms with Gasteiger partial charge in [0, 0.05) is 13.8 Å². The normalized spacial score (nSPS) is 50.3. The second kappa shape index (κ2) is 29.9. The van der Waals surface area contributed by atoms with Crippen LogP contribution in [-0.2, 0) is 71.2 Å². The average molecular weight is 1240 g/mol. The number of carbonyl (C=O) groups is 2. The maximum absolute atomic E-state index is 12.7. The van der Waals surface area contributed by atoms with Crippen LogP contribution in [0.15, 0.2) is 0 Å². The Morgan fingerprint density at radius 2 is 0.643 bits per heavy atom. The van der Waals surface area contributed by atoms with Gasteiger partial charge in [-0.15, -0.1) is 0 Å². The molecule has 0 radical (unpaired) electrons. The van der Waals surface area contributed by atoms with Gasteiger partial charge in [-0.3, -0.25) is 9.59 Å². The molecule has 23 N–H and O–H groups in total. The van der Waals surface area contributed by atoms with Crippen LogP contribution >= 0.6 is 0 Å². The Bertz CT molecular complexity index is 2060. The van der Waals surface area contributed by atoms with Gasteiger partial charge in [-0.25, -0.2) is 0 Å². The third kappa shape index (κ3) is 14.7. The summed E-state index contributed by atoms with van der Waals surface area (Å²) in [6.07, 6.45) is -66.5. The van der Waals surface area contributed by atoms with Crippen molar-refractivity contribution < 1.29 is 178 Å². The van der Waals surface area contributed by atoms with Gasteiger partial charge in [-0.2, -0.15) is 0 Å². The Balaban J connectivity index is 1.21. The molecular weight excluding hydrogens is 1160 g/mol. The van der Waals surface area contributed by atoms with Crippen molar-refractivity contribution in [1.29, 1.82) is 0 Å². The van der Waals surface area contributed by atoms with Gasteiger partial charge in [0.25, 0.3) is 0 Å². The summed E-state index contributed by atoms with van der Waals surface area (Å²) >= 11 is 0. The molecule has 7 fully saturated rings. The molecule has 488 valence electrons. The molecule has 0 bridgehead atoms. The van der Waals surface area contributed by atoms with E-state index in [1.165, 1.54) is 0 Å². The van der Waals surface area contributed by atoms with Gasteiger partial charge in [-0.05, 0) is 0 Å². The second-order valence-corrected chi connectivity index (χ2v) is 21.1. The molecule has 7 aliphatic rings. The van der Waals surface area contributed by atoms with Crippen LogP contribution in [0.4, 0.5) is 0 Å². The van der Waals surface area contributed by atoms with Crippen molar-refractivity contribution >= 4 is 11.8 Å². The standard InChI is InChI=1S/C46H78N2O36/c1-10(55)47-19-26(62)35(16(7-53)73-40(19)71)80-41-20(48-11(2)56)27(63)36(17(8-54)78-41)81-44-34(70)37(25(61)18(79-44)9-72-42-32(68)28(64)21(57)12(3-49)74-42)82-45-39(31(67)24(60)14(5-51)76-45)84-46-38(30(66)23(59)15(6-52)77-46)83-43-33(69)29(65)22(58)13(4-50)75-43/h12-46,49-54,57-71H,3-9H2,1-2H3,(H,47,55)(H,48,56)/t12-,13-,14-,15-,16-,17-,18-,19-,20-,21-,22-,23-,24-,25-,26-,27-,28+,29+,30+,31+,32+,33+,34+,35-,36-,37+,38+,39+,40-,41+,42+,43-,44-,45-,46-/m1/s1. The molecule has 0 spiro atoms. The molecule has 0 aromatic heterocycles. The van der Waals surface area contributed by atoms with E-state index in [1.54, 1.807) is 0 Å². The highest BCUT2D eigenvalue weighted by atomic mass is 16.8. The quantitative estimate of drug-likeness (QED) is 0.0507. The van der Waals surface area contributed by atoms with Crippen LogP contribution in [-0.4, -0.2) is 380 Å². The third-order valence-corrected chi connectivity index (χ3v) is 15.3. The number of aliphatic hydroxyl groups excluding tert-OH is 21. The molecule has 0 unspecified atom stereocenters. The lowest BCUT2D eigenvalue weighted by Gasteiger charge is -2.51. The monoisotopic (exact) mass is 1230 g/mol. The Labute approximate surface area is 475 Å². The molecule has 2 amide bonds. The summed E-state index contributed by atoms with van der Waals surface area (Å²) in [5.41, 5.74) is 0. The predicted molar refractivity (Wildman–Crippen MR) is 255 cm³/mol. The van der Waals surface area contributed by atoms with Gasteiger partial charge >= 0.3 is 0 Å². The van der Waals surface area contributed by atoms with E-state index in [0.717, 1.165) is 13.8 Å². The first-order chi connectivity index (χ1) is 39.7. The highest BCUT2D eigenvalue weighted by Crippen LogP contribution is 2.38. The first-order valence-electron chi connectivity index (χ1n) is 26.6. The van der Waals surface area contributed by atoms with E-state index < -0.39 is 273 Å². The van der Waals surface area contributed by atoms with Crippen LogP contribution in [0.2, 0.25) is 0 Å². The Morgan fingerprint density at radius 3 is 1.12 bits per heavy atom. The molecule has 38 nitrogen and oxygen atoms in total. The number of rotatable bonds is 21. The number of hydrogen-bond donors (Lipinski definition) is 23. The van der Waals surface area contributed by atoms with Gasteiger partial charge < -0.3 is 179 Å². The fourth-order valence-corrected chi connectivity index (χ4v) is 10.7. The van der Waals surface area contributed by atoms with E-state index in [2.05, 4.69) is 10.6 Å². The first-order valence-corrected chi connectivity index (χ1v) is 26.6. The molecule has 7 saturated heterocycles. The largest absolute Gasteiger partial charge is 0.394 e. The maximum Gasteiger partial charge on any atom is 0.217 e. The molecule has 0 aromatic carbocycles. The highest BCUT2D eigenvalue weighted by molar-refractivity contribution is 5.73. The summed E-state index contributed by atoms with van der Waals surface area (Å²) < 4.78 is 75.0. The Kier molecular flexibility index (Phi) is 24.6. The molecular formula is C46H78N2O36. The first kappa shape index (κ1) is 69.1. The number of amides is 2. The van der Waals surface area contributed by atoms with Crippen molar-refractivity contribution in [3.63, 3.8) is 0 Å². The summed E-state index contributed by atoms with van der Waals surface area (Å²) in [5, 5.41) is 232. The third-order valence-electron chi connectivity index (χ3n) is 15.3. The van der Waals surface area contributed by atoms with Crippen LogP contribution in [0.5, 0.6) is 0 Å². The second-order valence-electron chi connectivity index (χ2n) is 21.1. The van der Waals surface area contributed by atoms with E-state index in [-0.39, 0.29) is 0 Å². The molecule has 0 saturated carbocycles. The van der Waals surface area contributed by atoms with Crippen molar-refractivity contribution in [2.75, 3.05) is 46.2 Å². The van der Waals surface area contributed by atoms with E-state index in [0.29, 0.717) is 0 Å². The number of nitrogens with one attached hydrogen (secondary N) is 2. The zero-order chi connectivity index (χ0) is 61.9. The Morgan fingerprint density at radius 1 is 0.310 bits per heavy atom. The summed E-state index contributed by atoms with van der Waals surface area (Å²) in [6.45, 7) is -5.03. The summed E-state index contributed by atoms with van der Waals surface area (Å²) in [4.78, 5) is 24.7. The van der Waals surface area contributed by atoms with Crippen molar-refractivity contribution in [1.82, 2.24) is 10.6 Å². The van der Waals surface area contributed by atoms with Crippen LogP contribution in [0.1, 0.15) is 13.8 Å². The minimum Gasteiger partial charge on any atom is -0.394 e. The lowest BCUT2D eigenvalue weighted by atomic mass is 9.94. The number of hydrogen-bond acceptors (Lipinski definition) is 36. The molecule has 38 heteroatoms. The van der Waals surface area contributed by atoms with Gasteiger partial charge in [0.15, 0.2) is 44.0 Å². The maximum atomic E-state index is 12.7. The van der Waals surface area contributed by atoms with Crippen LogP contribution < -0.4 is 10.6 Å². The topological polar surface area (TPSA) is 603 Å². The van der Waals surface area contributed by atoms with Crippen molar-refractivity contribution in [3.8, 4) is 0 Å². The minimum absolute atomic E-state index is 0.742. The zero-order valence-corrected chi connectivity index (χ0v) is 44.7. The van der Waals surface area contributed by atoms with Crippen LogP contribution in [0.3, 0.4) is 0 Å². The van der Waals surface area contributed by atoms with Crippen LogP contribution in [0.25, 0.3) is 0 Å². The van der Waals surface area contributed by atoms with Crippen molar-refractivity contribution in [2.24, 2.45) is 0 Å². The summed E-state index contributed by atoms with van der Waals surface area (Å²) in [5.74, 6) is -1.62. The number of aliphatic hydroxyl groups is 21. The van der Waals surface area contributed by atoms with Crippen LogP contribution in [0, 0.1) is 0 Å². The van der Waals surface area contributed by atoms with Crippen molar-refractivity contribution in [3.05, 3.63) is 0 Å².